The van der Waals surface area contributed by atoms with E-state index in [1.54, 1.807) is 18.2 Å². The molecule has 0 unspecified atom stereocenters. The molecule has 1 aromatic carbocycles. The molecule has 1 fully saturated rings. The highest BCUT2D eigenvalue weighted by atomic mass is 19.1. The van der Waals surface area contributed by atoms with Crippen LogP contribution in [0.4, 0.5) is 4.39 Å². The van der Waals surface area contributed by atoms with Gasteiger partial charge < -0.3 is 9.88 Å². The van der Waals surface area contributed by atoms with Crippen LogP contribution >= 0.6 is 0 Å². The number of nitrogens with zero attached hydrogens (tertiary/aromatic N) is 3. The lowest BCUT2D eigenvalue weighted by atomic mass is 9.93. The van der Waals surface area contributed by atoms with Crippen molar-refractivity contribution < 1.29 is 9.18 Å². The number of likely N-dealkylation sites (tertiary alicyclic amines) is 1. The summed E-state index contributed by atoms with van der Waals surface area (Å²) in [6.07, 6.45) is 7.51. The fourth-order valence-corrected chi connectivity index (χ4v) is 4.28. The third-order valence-corrected chi connectivity index (χ3v) is 5.93. The van der Waals surface area contributed by atoms with Crippen LogP contribution in [0.3, 0.4) is 0 Å². The van der Waals surface area contributed by atoms with Crippen molar-refractivity contribution in [3.8, 4) is 5.82 Å². The summed E-state index contributed by atoms with van der Waals surface area (Å²) in [4.78, 5) is 19.2. The zero-order valence-electron chi connectivity index (χ0n) is 17.7. The van der Waals surface area contributed by atoms with Crippen LogP contribution in [-0.4, -0.2) is 33.4 Å². The van der Waals surface area contributed by atoms with E-state index in [-0.39, 0.29) is 18.3 Å². The smallest absolute Gasteiger partial charge is 0.220 e. The number of piperidine rings is 1. The van der Waals surface area contributed by atoms with Crippen molar-refractivity contribution in [1.29, 1.82) is 0 Å². The number of benzene rings is 1. The van der Waals surface area contributed by atoms with Gasteiger partial charge in [0, 0.05) is 49.7 Å². The highest BCUT2D eigenvalue weighted by Crippen LogP contribution is 2.23. The first kappa shape index (κ1) is 21.2. The molecule has 31 heavy (non-hydrogen) atoms. The van der Waals surface area contributed by atoms with E-state index in [2.05, 4.69) is 38.1 Å². The summed E-state index contributed by atoms with van der Waals surface area (Å²) in [6, 6.07) is 16.7. The Hall–Kier alpha value is -2.99. The van der Waals surface area contributed by atoms with Crippen molar-refractivity contribution in [1.82, 2.24) is 19.8 Å². The molecule has 0 saturated carbocycles. The molecule has 162 valence electrons. The Morgan fingerprint density at radius 2 is 2.00 bits per heavy atom. The maximum atomic E-state index is 13.7. The Morgan fingerprint density at radius 1 is 1.13 bits per heavy atom. The number of aromatic nitrogens is 2. The average molecular weight is 421 g/mol. The molecule has 1 aliphatic heterocycles. The number of carbonyl (C=O) groups excluding carboxylic acids is 1. The molecule has 1 aliphatic rings. The van der Waals surface area contributed by atoms with Crippen LogP contribution < -0.4 is 5.32 Å². The van der Waals surface area contributed by atoms with Gasteiger partial charge >= 0.3 is 0 Å². The molecule has 0 spiro atoms. The van der Waals surface area contributed by atoms with Crippen LogP contribution in [-0.2, 0) is 17.9 Å². The van der Waals surface area contributed by atoms with Crippen LogP contribution in [0.2, 0.25) is 0 Å². The molecular formula is C25H29FN4O. The third kappa shape index (κ3) is 5.79. The van der Waals surface area contributed by atoms with E-state index in [0.29, 0.717) is 17.9 Å². The second kappa shape index (κ2) is 10.4. The van der Waals surface area contributed by atoms with Crippen molar-refractivity contribution in [2.75, 3.05) is 13.1 Å². The second-order valence-electron chi connectivity index (χ2n) is 8.21. The van der Waals surface area contributed by atoms with Crippen molar-refractivity contribution in [3.05, 3.63) is 84.1 Å². The average Bonchev–Trinajstić information content (AvgIpc) is 3.26. The van der Waals surface area contributed by atoms with E-state index in [9.17, 15) is 9.18 Å². The summed E-state index contributed by atoms with van der Waals surface area (Å²) in [5.41, 5.74) is 1.75. The van der Waals surface area contributed by atoms with Gasteiger partial charge in [0.2, 0.25) is 5.91 Å². The van der Waals surface area contributed by atoms with E-state index in [4.69, 9.17) is 0 Å². The summed E-state index contributed by atoms with van der Waals surface area (Å²) in [5, 5.41) is 2.85. The quantitative estimate of drug-likeness (QED) is 0.590. The van der Waals surface area contributed by atoms with E-state index < -0.39 is 0 Å². The molecule has 0 radical (unpaired) electrons. The summed E-state index contributed by atoms with van der Waals surface area (Å²) >= 11 is 0. The summed E-state index contributed by atoms with van der Waals surface area (Å²) in [7, 11) is 0. The largest absolute Gasteiger partial charge is 0.352 e. The first-order valence-corrected chi connectivity index (χ1v) is 11.0. The lowest BCUT2D eigenvalue weighted by Gasteiger charge is -2.32. The lowest BCUT2D eigenvalue weighted by Crippen LogP contribution is -2.36. The molecular weight excluding hydrogens is 391 g/mol. The van der Waals surface area contributed by atoms with Gasteiger partial charge in [-0.3, -0.25) is 9.69 Å². The standard InChI is InChI=1S/C25H29FN4O/c26-23-10-2-1-8-21(23)17-28-25(31)13-12-20-7-5-15-29(18-20)19-22-9-6-16-30(22)24-11-3-4-14-27-24/h1-4,6,8-11,14,16,20H,5,7,12-13,15,17-19H2,(H,28,31)/t20-/m1/s1. The topological polar surface area (TPSA) is 50.2 Å². The molecule has 1 amide bonds. The number of hydrogen-bond acceptors (Lipinski definition) is 3. The van der Waals surface area contributed by atoms with E-state index >= 15 is 0 Å². The van der Waals surface area contributed by atoms with E-state index in [1.165, 1.54) is 11.8 Å². The number of carbonyl (C=O) groups is 1. The van der Waals surface area contributed by atoms with Crippen LogP contribution in [0, 0.1) is 11.7 Å². The van der Waals surface area contributed by atoms with Gasteiger partial charge in [-0.15, -0.1) is 0 Å². The Morgan fingerprint density at radius 3 is 2.84 bits per heavy atom. The molecule has 0 bridgehead atoms. The van der Waals surface area contributed by atoms with Gasteiger partial charge in [0.15, 0.2) is 0 Å². The van der Waals surface area contributed by atoms with Crippen LogP contribution in [0.15, 0.2) is 67.0 Å². The minimum absolute atomic E-state index is 0.00981. The lowest BCUT2D eigenvalue weighted by molar-refractivity contribution is -0.121. The Balaban J connectivity index is 1.25. The van der Waals surface area contributed by atoms with Gasteiger partial charge in [-0.25, -0.2) is 9.37 Å². The van der Waals surface area contributed by atoms with Crippen LogP contribution in [0.25, 0.3) is 5.82 Å². The van der Waals surface area contributed by atoms with Gasteiger partial charge in [0.05, 0.1) is 0 Å². The zero-order valence-corrected chi connectivity index (χ0v) is 17.7. The predicted octanol–water partition coefficient (Wildman–Crippen LogP) is 4.32. The Bertz CT molecular complexity index is 988. The Kier molecular flexibility index (Phi) is 7.10. The van der Waals surface area contributed by atoms with Crippen LogP contribution in [0.1, 0.15) is 36.9 Å². The molecule has 3 heterocycles. The summed E-state index contributed by atoms with van der Waals surface area (Å²) < 4.78 is 15.8. The number of hydrogen-bond donors (Lipinski definition) is 1. The molecule has 0 aliphatic carbocycles. The molecule has 6 heteroatoms. The molecule has 1 atom stereocenters. The maximum Gasteiger partial charge on any atom is 0.220 e. The SMILES string of the molecule is O=C(CC[C@H]1CCCN(Cc2cccn2-c2ccccn2)C1)NCc1ccccc1F. The molecule has 5 nitrogen and oxygen atoms in total. The van der Waals surface area contributed by atoms with Crippen molar-refractivity contribution >= 4 is 5.91 Å². The zero-order chi connectivity index (χ0) is 21.5. The normalized spacial score (nSPS) is 16.9. The number of nitrogens with one attached hydrogen (secondary N) is 1. The number of amides is 1. The molecule has 4 rings (SSSR count). The second-order valence-corrected chi connectivity index (χ2v) is 8.21. The van der Waals surface area contributed by atoms with Gasteiger partial charge in [-0.05, 0) is 62.1 Å². The highest BCUT2D eigenvalue weighted by molar-refractivity contribution is 5.75. The molecule has 3 aromatic rings. The van der Waals surface area contributed by atoms with Gasteiger partial charge in [-0.2, -0.15) is 0 Å². The van der Waals surface area contributed by atoms with Gasteiger partial charge in [-0.1, -0.05) is 24.3 Å². The summed E-state index contributed by atoms with van der Waals surface area (Å²) in [6.45, 7) is 3.18. The fraction of sp³-hybridized carbons (Fsp3) is 0.360. The third-order valence-electron chi connectivity index (χ3n) is 5.93. The van der Waals surface area contributed by atoms with Crippen LogP contribution in [0.5, 0.6) is 0 Å². The maximum absolute atomic E-state index is 13.7. The summed E-state index contributed by atoms with van der Waals surface area (Å²) in [5.74, 6) is 1.15. The monoisotopic (exact) mass is 420 g/mol. The van der Waals surface area contributed by atoms with Crippen molar-refractivity contribution in [2.24, 2.45) is 5.92 Å². The van der Waals surface area contributed by atoms with Gasteiger partial charge in [0.1, 0.15) is 11.6 Å². The molecule has 1 N–H and O–H groups in total. The van der Waals surface area contributed by atoms with Gasteiger partial charge in [0.25, 0.3) is 0 Å². The Labute approximate surface area is 182 Å². The molecule has 1 saturated heterocycles. The van der Waals surface area contributed by atoms with Crippen molar-refractivity contribution in [3.63, 3.8) is 0 Å². The number of rotatable bonds is 8. The molecule has 2 aromatic heterocycles. The highest BCUT2D eigenvalue weighted by Gasteiger charge is 2.21. The van der Waals surface area contributed by atoms with E-state index in [0.717, 1.165) is 44.7 Å². The predicted molar refractivity (Wildman–Crippen MR) is 119 cm³/mol. The number of halogens is 1. The first-order chi connectivity index (χ1) is 15.2. The minimum atomic E-state index is -0.277. The first-order valence-electron chi connectivity index (χ1n) is 11.0. The fourth-order valence-electron chi connectivity index (χ4n) is 4.28. The van der Waals surface area contributed by atoms with Crippen molar-refractivity contribution in [2.45, 2.75) is 38.8 Å². The number of pyridine rings is 1. The minimum Gasteiger partial charge on any atom is -0.352 e. The van der Waals surface area contributed by atoms with E-state index in [1.807, 2.05) is 24.4 Å².